The molecule has 0 spiro atoms. The van der Waals surface area contributed by atoms with Crippen molar-refractivity contribution < 1.29 is 23.1 Å². The number of carboxylic acids is 1. The van der Waals surface area contributed by atoms with Crippen LogP contribution in [-0.2, 0) is 31.7 Å². The zero-order valence-electron chi connectivity index (χ0n) is 13.6. The quantitative estimate of drug-likeness (QED) is 0.783. The Balaban J connectivity index is 2.38. The molecule has 0 aliphatic carbocycles. The zero-order chi connectivity index (χ0) is 18.1. The number of benzene rings is 1. The molecule has 1 aromatic carbocycles. The van der Waals surface area contributed by atoms with Gasteiger partial charge in [-0.2, -0.15) is 0 Å². The highest BCUT2D eigenvalue weighted by atomic mass is 32.2. The molecule has 24 heavy (non-hydrogen) atoms. The van der Waals surface area contributed by atoms with E-state index in [1.165, 1.54) is 18.4 Å². The van der Waals surface area contributed by atoms with E-state index in [9.17, 15) is 18.0 Å². The summed E-state index contributed by atoms with van der Waals surface area (Å²) in [6, 6.07) is 6.96. The van der Waals surface area contributed by atoms with Crippen molar-refractivity contribution >= 4 is 32.7 Å². The second-order valence-corrected chi connectivity index (χ2v) is 8.29. The third-order valence-corrected chi connectivity index (χ3v) is 4.20. The van der Waals surface area contributed by atoms with Crippen molar-refractivity contribution in [2.75, 3.05) is 6.26 Å². The van der Waals surface area contributed by atoms with Gasteiger partial charge in [0, 0.05) is 6.26 Å². The van der Waals surface area contributed by atoms with E-state index in [1.807, 2.05) is 0 Å². The fraction of sp³-hybridized carbons (Fsp3) is 0.400. The molecule has 0 saturated carbocycles. The summed E-state index contributed by atoms with van der Waals surface area (Å²) >= 11 is 0. The molecule has 2 aromatic rings. The van der Waals surface area contributed by atoms with Crippen molar-refractivity contribution in [1.29, 1.82) is 0 Å². The Morgan fingerprint density at radius 3 is 2.50 bits per heavy atom. The molecule has 0 aliphatic heterocycles. The van der Waals surface area contributed by atoms with Crippen LogP contribution in [0.25, 0.3) is 11.0 Å². The first-order chi connectivity index (χ1) is 11.0. The van der Waals surface area contributed by atoms with Gasteiger partial charge in [0.1, 0.15) is 23.7 Å². The largest absolute Gasteiger partial charge is 0.480 e. The normalized spacial score (nSPS) is 12.3. The third kappa shape index (κ3) is 4.10. The van der Waals surface area contributed by atoms with Crippen LogP contribution in [0, 0.1) is 0 Å². The molecule has 1 aromatic heterocycles. The molecular weight excluding hydrogens is 334 g/mol. The lowest BCUT2D eigenvalue weighted by atomic mass is 10.1. The van der Waals surface area contributed by atoms with Gasteiger partial charge in [-0.05, 0) is 26.0 Å². The topological polar surface area (TPSA) is 118 Å². The number of para-hydroxylation sites is 2. The van der Waals surface area contributed by atoms with E-state index in [4.69, 9.17) is 5.11 Å². The summed E-state index contributed by atoms with van der Waals surface area (Å²) in [5.41, 5.74) is -0.245. The Bertz CT molecular complexity index is 899. The number of nitrogens with zero attached hydrogens (tertiary/aromatic N) is 2. The lowest BCUT2D eigenvalue weighted by Gasteiger charge is -2.21. The Labute approximate surface area is 139 Å². The fourth-order valence-corrected chi connectivity index (χ4v) is 2.92. The van der Waals surface area contributed by atoms with Gasteiger partial charge in [0.2, 0.25) is 5.91 Å². The summed E-state index contributed by atoms with van der Waals surface area (Å²) in [5, 5.41) is 11.5. The molecule has 2 N–H and O–H groups in total. The highest BCUT2D eigenvalue weighted by Gasteiger charge is 2.29. The number of carbonyl (C=O) groups excluding carboxylic acids is 1. The van der Waals surface area contributed by atoms with E-state index < -0.39 is 27.3 Å². The predicted molar refractivity (Wildman–Crippen MR) is 88.1 cm³/mol. The molecular formula is C15H19N3O5S. The van der Waals surface area contributed by atoms with E-state index >= 15 is 0 Å². The van der Waals surface area contributed by atoms with Gasteiger partial charge in [-0.1, -0.05) is 12.1 Å². The minimum absolute atomic E-state index is 0.220. The van der Waals surface area contributed by atoms with Crippen LogP contribution in [0.4, 0.5) is 0 Å². The van der Waals surface area contributed by atoms with E-state index in [0.717, 1.165) is 6.26 Å². The second kappa shape index (κ2) is 6.23. The van der Waals surface area contributed by atoms with Crippen LogP contribution < -0.4 is 5.32 Å². The van der Waals surface area contributed by atoms with Gasteiger partial charge >= 0.3 is 5.97 Å². The Kier molecular flexibility index (Phi) is 4.66. The number of sulfone groups is 1. The van der Waals surface area contributed by atoms with Crippen molar-refractivity contribution in [3.8, 4) is 0 Å². The average Bonchev–Trinajstić information content (AvgIpc) is 2.74. The summed E-state index contributed by atoms with van der Waals surface area (Å²) in [6.45, 7) is 2.52. The van der Waals surface area contributed by atoms with Gasteiger partial charge in [-0.25, -0.2) is 18.2 Å². The lowest BCUT2D eigenvalue weighted by Crippen LogP contribution is -2.50. The number of amides is 1. The van der Waals surface area contributed by atoms with Crippen LogP contribution in [0.3, 0.4) is 0 Å². The fourth-order valence-electron chi connectivity index (χ4n) is 2.23. The first-order valence-electron chi connectivity index (χ1n) is 7.16. The van der Waals surface area contributed by atoms with Crippen LogP contribution in [0.15, 0.2) is 24.3 Å². The molecule has 0 fully saturated rings. The van der Waals surface area contributed by atoms with Gasteiger partial charge in [-0.15, -0.1) is 0 Å². The van der Waals surface area contributed by atoms with Gasteiger partial charge < -0.3 is 15.0 Å². The zero-order valence-corrected chi connectivity index (χ0v) is 14.4. The lowest BCUT2D eigenvalue weighted by molar-refractivity contribution is -0.146. The van der Waals surface area contributed by atoms with E-state index in [2.05, 4.69) is 10.3 Å². The van der Waals surface area contributed by atoms with Crippen LogP contribution in [0.1, 0.15) is 19.7 Å². The van der Waals surface area contributed by atoms with Crippen molar-refractivity contribution in [3.63, 3.8) is 0 Å². The smallest absolute Gasteiger partial charge is 0.328 e. The molecule has 1 heterocycles. The maximum Gasteiger partial charge on any atom is 0.328 e. The van der Waals surface area contributed by atoms with Crippen molar-refractivity contribution in [2.45, 2.75) is 31.7 Å². The molecule has 0 unspecified atom stereocenters. The van der Waals surface area contributed by atoms with Gasteiger partial charge in [0.05, 0.1) is 11.0 Å². The number of carboxylic acid groups (broad SMARTS) is 1. The van der Waals surface area contributed by atoms with Crippen LogP contribution >= 0.6 is 0 Å². The number of hydrogen-bond acceptors (Lipinski definition) is 5. The van der Waals surface area contributed by atoms with Gasteiger partial charge in [0.25, 0.3) is 0 Å². The average molecular weight is 353 g/mol. The molecule has 0 radical (unpaired) electrons. The van der Waals surface area contributed by atoms with Gasteiger partial charge in [0.15, 0.2) is 9.84 Å². The minimum atomic E-state index is -3.34. The van der Waals surface area contributed by atoms with Gasteiger partial charge in [-0.3, -0.25) is 4.79 Å². The molecule has 0 aliphatic rings. The number of rotatable bonds is 6. The molecule has 8 nitrogen and oxygen atoms in total. The maximum absolute atomic E-state index is 12.2. The number of imidazole rings is 1. The molecule has 0 bridgehead atoms. The van der Waals surface area contributed by atoms with Crippen LogP contribution in [-0.4, -0.2) is 46.7 Å². The minimum Gasteiger partial charge on any atom is -0.480 e. The number of aromatic nitrogens is 2. The molecule has 9 heteroatoms. The molecule has 130 valence electrons. The highest BCUT2D eigenvalue weighted by molar-refractivity contribution is 7.89. The summed E-state index contributed by atoms with van der Waals surface area (Å²) in [6.07, 6.45) is 1.09. The Hall–Kier alpha value is -2.42. The molecule has 0 saturated heterocycles. The van der Waals surface area contributed by atoms with E-state index in [-0.39, 0.29) is 18.1 Å². The Morgan fingerprint density at radius 1 is 1.29 bits per heavy atom. The maximum atomic E-state index is 12.2. The summed E-state index contributed by atoms with van der Waals surface area (Å²) in [5.74, 6) is -1.78. The van der Waals surface area contributed by atoms with Crippen molar-refractivity contribution in [2.24, 2.45) is 0 Å². The van der Waals surface area contributed by atoms with Crippen LogP contribution in [0.5, 0.6) is 0 Å². The number of hydrogen-bond donors (Lipinski definition) is 2. The molecule has 0 atom stereocenters. The van der Waals surface area contributed by atoms with Crippen molar-refractivity contribution in [3.05, 3.63) is 30.1 Å². The molecule has 1 amide bonds. The first-order valence-corrected chi connectivity index (χ1v) is 9.22. The highest BCUT2D eigenvalue weighted by Crippen LogP contribution is 2.18. The van der Waals surface area contributed by atoms with E-state index in [0.29, 0.717) is 11.0 Å². The first kappa shape index (κ1) is 17.9. The van der Waals surface area contributed by atoms with Crippen LogP contribution in [0.2, 0.25) is 0 Å². The third-order valence-electron chi connectivity index (χ3n) is 3.41. The standard InChI is InChI=1S/C15H19N3O5S/c1-15(2,14(20)21)17-13(19)8-18-11-7-5-4-6-10(11)16-12(18)9-24(3,22)23/h4-7H,8-9H2,1-3H3,(H,17,19)(H,20,21). The monoisotopic (exact) mass is 353 g/mol. The summed E-state index contributed by atoms with van der Waals surface area (Å²) in [7, 11) is -3.34. The number of nitrogens with one attached hydrogen (secondary N) is 1. The van der Waals surface area contributed by atoms with Crippen molar-refractivity contribution in [1.82, 2.24) is 14.9 Å². The molecule has 2 rings (SSSR count). The predicted octanol–water partition coefficient (Wildman–Crippen LogP) is 0.560. The number of aliphatic carboxylic acids is 1. The SMILES string of the molecule is CC(C)(NC(=O)Cn1c(CS(C)(=O)=O)nc2ccccc21)C(=O)O. The Morgan fingerprint density at radius 2 is 1.92 bits per heavy atom. The number of carbonyl (C=O) groups is 2. The summed E-state index contributed by atoms with van der Waals surface area (Å²) < 4.78 is 24.7. The summed E-state index contributed by atoms with van der Waals surface area (Å²) in [4.78, 5) is 27.6. The number of fused-ring (bicyclic) bond motifs is 1. The van der Waals surface area contributed by atoms with E-state index in [1.54, 1.807) is 24.3 Å². The second-order valence-electron chi connectivity index (χ2n) is 6.15.